The van der Waals surface area contributed by atoms with Crippen LogP contribution in [0.3, 0.4) is 0 Å². The first-order valence-electron chi connectivity index (χ1n) is 13.0. The number of sulfonamides is 1. The average molecular weight is 557 g/mol. The molecule has 0 aliphatic carbocycles. The number of rotatable bonds is 5. The standard InChI is InChI=1S/C29H28N6O4S/c1-18(36)31-22-12-13-35(17-22)40(38,39)26-9-5-4-8-23(26)19-10-11-25-24(14-19)27(33-29(30)32-25)28(37)34-15-20-6-2-3-7-21(20)16-34/h2-11,14,22H,12-13,15-17H2,1H3,(H,31,36)(H2,30,32,33). The van der Waals surface area contributed by atoms with Gasteiger partial charge in [-0.1, -0.05) is 48.5 Å². The number of carbonyl (C=O) groups excluding carboxylic acids is 2. The molecule has 40 heavy (non-hydrogen) atoms. The second kappa shape index (κ2) is 10.00. The Bertz CT molecular complexity index is 1750. The van der Waals surface area contributed by atoms with Gasteiger partial charge in [-0.05, 0) is 41.3 Å². The van der Waals surface area contributed by atoms with Crippen molar-refractivity contribution in [3.05, 3.63) is 83.6 Å². The van der Waals surface area contributed by atoms with E-state index < -0.39 is 10.0 Å². The summed E-state index contributed by atoms with van der Waals surface area (Å²) in [6, 6.07) is 19.7. The summed E-state index contributed by atoms with van der Waals surface area (Å²) in [5, 5.41) is 3.30. The van der Waals surface area contributed by atoms with E-state index >= 15 is 0 Å². The molecule has 4 aromatic rings. The molecule has 2 aliphatic heterocycles. The van der Waals surface area contributed by atoms with Gasteiger partial charge in [-0.2, -0.15) is 4.31 Å². The number of fused-ring (bicyclic) bond motifs is 2. The molecule has 2 amide bonds. The molecule has 6 rings (SSSR count). The molecule has 0 bridgehead atoms. The molecule has 3 N–H and O–H groups in total. The van der Waals surface area contributed by atoms with E-state index in [9.17, 15) is 18.0 Å². The minimum Gasteiger partial charge on any atom is -0.368 e. The Morgan fingerprint density at radius 3 is 2.40 bits per heavy atom. The molecule has 1 fully saturated rings. The minimum absolute atomic E-state index is 0.00829. The first-order valence-corrected chi connectivity index (χ1v) is 14.4. The highest BCUT2D eigenvalue weighted by Crippen LogP contribution is 2.34. The van der Waals surface area contributed by atoms with E-state index in [2.05, 4.69) is 15.3 Å². The summed E-state index contributed by atoms with van der Waals surface area (Å²) in [5.74, 6) is -0.465. The maximum absolute atomic E-state index is 13.7. The number of hydrogen-bond acceptors (Lipinski definition) is 7. The van der Waals surface area contributed by atoms with E-state index in [1.54, 1.807) is 47.4 Å². The number of benzene rings is 3. The average Bonchev–Trinajstić information content (AvgIpc) is 3.59. The van der Waals surface area contributed by atoms with Gasteiger partial charge < -0.3 is 16.0 Å². The molecule has 0 spiro atoms. The summed E-state index contributed by atoms with van der Waals surface area (Å²) in [7, 11) is -3.86. The fourth-order valence-electron chi connectivity index (χ4n) is 5.52. The van der Waals surface area contributed by atoms with Gasteiger partial charge in [0.25, 0.3) is 5.91 Å². The molecule has 1 unspecified atom stereocenters. The van der Waals surface area contributed by atoms with Crippen LogP contribution in [0.2, 0.25) is 0 Å². The molecule has 1 saturated heterocycles. The fourth-order valence-corrected chi connectivity index (χ4v) is 7.24. The fraction of sp³-hybridized carbons (Fsp3) is 0.241. The van der Waals surface area contributed by atoms with Gasteiger partial charge >= 0.3 is 0 Å². The molecule has 0 saturated carbocycles. The topological polar surface area (TPSA) is 139 Å². The van der Waals surface area contributed by atoms with Gasteiger partial charge in [-0.15, -0.1) is 0 Å². The lowest BCUT2D eigenvalue weighted by Gasteiger charge is -2.20. The van der Waals surface area contributed by atoms with Crippen molar-refractivity contribution in [1.82, 2.24) is 24.5 Å². The monoisotopic (exact) mass is 556 g/mol. The molecule has 0 radical (unpaired) electrons. The van der Waals surface area contributed by atoms with Crippen LogP contribution in [0.4, 0.5) is 5.95 Å². The molecular weight excluding hydrogens is 528 g/mol. The normalized spacial score (nSPS) is 17.2. The van der Waals surface area contributed by atoms with Crippen molar-refractivity contribution in [2.75, 3.05) is 18.8 Å². The van der Waals surface area contributed by atoms with Crippen LogP contribution in [0.5, 0.6) is 0 Å². The summed E-state index contributed by atoms with van der Waals surface area (Å²) in [5.41, 5.74) is 9.93. The second-order valence-corrected chi connectivity index (χ2v) is 12.0. The van der Waals surface area contributed by atoms with Crippen molar-refractivity contribution >= 4 is 38.7 Å². The number of hydrogen-bond donors (Lipinski definition) is 2. The van der Waals surface area contributed by atoms with Crippen molar-refractivity contribution < 1.29 is 18.0 Å². The predicted molar refractivity (Wildman–Crippen MR) is 150 cm³/mol. The van der Waals surface area contributed by atoms with Crippen LogP contribution in [0.25, 0.3) is 22.0 Å². The number of nitrogens with two attached hydrogens (primary N) is 1. The van der Waals surface area contributed by atoms with Gasteiger partial charge in [-0.25, -0.2) is 18.4 Å². The van der Waals surface area contributed by atoms with Crippen molar-refractivity contribution in [2.24, 2.45) is 0 Å². The van der Waals surface area contributed by atoms with Crippen LogP contribution < -0.4 is 11.1 Å². The summed E-state index contributed by atoms with van der Waals surface area (Å²) in [4.78, 5) is 35.7. The Hall–Kier alpha value is -4.35. The van der Waals surface area contributed by atoms with Crippen molar-refractivity contribution in [1.29, 1.82) is 0 Å². The largest absolute Gasteiger partial charge is 0.368 e. The van der Waals surface area contributed by atoms with E-state index in [1.165, 1.54) is 11.2 Å². The van der Waals surface area contributed by atoms with Crippen molar-refractivity contribution in [2.45, 2.75) is 37.4 Å². The molecule has 1 atom stereocenters. The van der Waals surface area contributed by atoms with Gasteiger partial charge in [0.1, 0.15) is 5.69 Å². The smallest absolute Gasteiger partial charge is 0.273 e. The molecule has 2 aliphatic rings. The lowest BCUT2D eigenvalue weighted by molar-refractivity contribution is -0.119. The Kier molecular flexibility index (Phi) is 6.47. The molecule has 11 heteroatoms. The zero-order chi connectivity index (χ0) is 28.0. The van der Waals surface area contributed by atoms with Gasteiger partial charge in [0.2, 0.25) is 21.9 Å². The molecule has 3 heterocycles. The number of nitrogens with zero attached hydrogens (tertiary/aromatic N) is 4. The first-order chi connectivity index (χ1) is 19.2. The van der Waals surface area contributed by atoms with Gasteiger partial charge in [0.05, 0.1) is 10.4 Å². The molecule has 204 valence electrons. The van der Waals surface area contributed by atoms with E-state index in [1.807, 2.05) is 24.3 Å². The quantitative estimate of drug-likeness (QED) is 0.385. The van der Waals surface area contributed by atoms with E-state index in [-0.39, 0.29) is 40.9 Å². The Morgan fingerprint density at radius 2 is 1.68 bits per heavy atom. The molecule has 3 aromatic carbocycles. The summed E-state index contributed by atoms with van der Waals surface area (Å²) >= 11 is 0. The van der Waals surface area contributed by atoms with E-state index in [4.69, 9.17) is 5.73 Å². The van der Waals surface area contributed by atoms with Crippen molar-refractivity contribution in [3.63, 3.8) is 0 Å². The Balaban J connectivity index is 1.38. The maximum Gasteiger partial charge on any atom is 0.273 e. The lowest BCUT2D eigenvalue weighted by Crippen LogP contribution is -2.37. The second-order valence-electron chi connectivity index (χ2n) is 10.1. The number of nitrogen functional groups attached to an aromatic ring is 1. The first kappa shape index (κ1) is 25.9. The third kappa shape index (κ3) is 4.67. The maximum atomic E-state index is 13.7. The van der Waals surface area contributed by atoms with Crippen molar-refractivity contribution in [3.8, 4) is 11.1 Å². The summed E-state index contributed by atoms with van der Waals surface area (Å²) < 4.78 is 28.9. The predicted octanol–water partition coefficient (Wildman–Crippen LogP) is 2.93. The highest BCUT2D eigenvalue weighted by atomic mass is 32.2. The number of anilines is 1. The third-order valence-corrected chi connectivity index (χ3v) is 9.34. The van der Waals surface area contributed by atoms with Crippen LogP contribution in [0.1, 0.15) is 35.0 Å². The van der Waals surface area contributed by atoms with Gasteiger partial charge in [-0.3, -0.25) is 9.59 Å². The summed E-state index contributed by atoms with van der Waals surface area (Å²) in [6.07, 6.45) is 0.543. The van der Waals surface area contributed by atoms with Gasteiger partial charge in [0.15, 0.2) is 0 Å². The Morgan fingerprint density at radius 1 is 0.975 bits per heavy atom. The number of aromatic nitrogens is 2. The number of carbonyl (C=O) groups is 2. The lowest BCUT2D eigenvalue weighted by atomic mass is 10.0. The van der Waals surface area contributed by atoms with E-state index in [0.29, 0.717) is 48.1 Å². The molecular formula is C29H28N6O4S. The molecule has 1 aromatic heterocycles. The van der Waals surface area contributed by atoms with Crippen LogP contribution in [-0.4, -0.2) is 58.5 Å². The highest BCUT2D eigenvalue weighted by Gasteiger charge is 2.34. The number of nitrogens with one attached hydrogen (secondary N) is 1. The zero-order valence-corrected chi connectivity index (χ0v) is 22.7. The van der Waals surface area contributed by atoms with Crippen LogP contribution in [-0.2, 0) is 27.9 Å². The minimum atomic E-state index is -3.86. The highest BCUT2D eigenvalue weighted by molar-refractivity contribution is 7.89. The van der Waals surface area contributed by atoms with Crippen LogP contribution in [0, 0.1) is 0 Å². The molecule has 10 nitrogen and oxygen atoms in total. The summed E-state index contributed by atoms with van der Waals surface area (Å²) in [6.45, 7) is 2.87. The third-order valence-electron chi connectivity index (χ3n) is 7.42. The van der Waals surface area contributed by atoms with Gasteiger partial charge in [0, 0.05) is 50.1 Å². The van der Waals surface area contributed by atoms with E-state index in [0.717, 1.165) is 11.1 Å². The SMILES string of the molecule is CC(=O)NC1CCN(S(=O)(=O)c2ccccc2-c2ccc3nc(N)nc(C(=O)N4Cc5ccccc5C4)c3c2)C1. The Labute approximate surface area is 231 Å². The van der Waals surface area contributed by atoms with Crippen LogP contribution >= 0.6 is 0 Å². The van der Waals surface area contributed by atoms with Crippen LogP contribution in [0.15, 0.2) is 71.6 Å². The zero-order valence-electron chi connectivity index (χ0n) is 21.9. The number of amides is 2.